The Bertz CT molecular complexity index is 1140. The van der Waals surface area contributed by atoms with E-state index in [2.05, 4.69) is 4.98 Å². The Morgan fingerprint density at radius 1 is 1.03 bits per heavy atom. The van der Waals surface area contributed by atoms with Crippen molar-refractivity contribution in [3.05, 3.63) is 75.6 Å². The van der Waals surface area contributed by atoms with Gasteiger partial charge in [0.1, 0.15) is 15.7 Å². The van der Waals surface area contributed by atoms with Gasteiger partial charge in [-0.25, -0.2) is 13.4 Å². The lowest BCUT2D eigenvalue weighted by atomic mass is 10.1. The Balaban J connectivity index is 2.24. The zero-order valence-corrected chi connectivity index (χ0v) is 18.7. The molecule has 0 spiro atoms. The molecule has 4 nitrogen and oxygen atoms in total. The minimum absolute atomic E-state index is 0.136. The molecule has 1 atom stereocenters. The molecule has 29 heavy (non-hydrogen) atoms. The average molecular weight is 448 g/mol. The molecule has 1 heterocycles. The van der Waals surface area contributed by atoms with Crippen LogP contribution in [-0.2, 0) is 9.84 Å². The van der Waals surface area contributed by atoms with Crippen molar-refractivity contribution < 1.29 is 13.5 Å². The van der Waals surface area contributed by atoms with E-state index in [0.29, 0.717) is 5.69 Å². The van der Waals surface area contributed by atoms with Gasteiger partial charge in [-0.15, -0.1) is 11.3 Å². The van der Waals surface area contributed by atoms with E-state index in [1.807, 2.05) is 44.2 Å². The van der Waals surface area contributed by atoms with Crippen LogP contribution < -0.4 is 0 Å². The number of thiazole rings is 1. The van der Waals surface area contributed by atoms with Crippen LogP contribution in [0, 0.1) is 5.92 Å². The zero-order chi connectivity index (χ0) is 21.2. The van der Waals surface area contributed by atoms with E-state index in [-0.39, 0.29) is 32.2 Å². The van der Waals surface area contributed by atoms with Crippen LogP contribution in [0.4, 0.5) is 0 Å². The van der Waals surface area contributed by atoms with Crippen LogP contribution in [0.5, 0.6) is 0 Å². The maximum Gasteiger partial charge on any atom is 0.187 e. The van der Waals surface area contributed by atoms with E-state index in [1.54, 1.807) is 36.6 Å². The van der Waals surface area contributed by atoms with E-state index in [9.17, 15) is 13.5 Å². The van der Waals surface area contributed by atoms with Crippen LogP contribution in [0.1, 0.15) is 31.3 Å². The molecule has 152 valence electrons. The van der Waals surface area contributed by atoms with Gasteiger partial charge in [0.05, 0.1) is 16.0 Å². The molecule has 3 rings (SSSR count). The van der Waals surface area contributed by atoms with Crippen molar-refractivity contribution in [3.63, 3.8) is 0 Å². The van der Waals surface area contributed by atoms with Crippen molar-refractivity contribution in [2.24, 2.45) is 5.92 Å². The Kier molecular flexibility index (Phi) is 6.46. The Morgan fingerprint density at radius 2 is 1.66 bits per heavy atom. The fourth-order valence-electron chi connectivity index (χ4n) is 2.80. The molecule has 1 unspecified atom stereocenters. The molecule has 1 aromatic heterocycles. The van der Waals surface area contributed by atoms with Crippen LogP contribution in [0.2, 0.25) is 5.02 Å². The zero-order valence-electron chi connectivity index (χ0n) is 16.3. The van der Waals surface area contributed by atoms with Gasteiger partial charge in [0.25, 0.3) is 0 Å². The van der Waals surface area contributed by atoms with Gasteiger partial charge in [0.15, 0.2) is 9.84 Å². The fourth-order valence-corrected chi connectivity index (χ4v) is 6.04. The molecule has 0 bridgehead atoms. The summed E-state index contributed by atoms with van der Waals surface area (Å²) in [5.74, 6) is -0.514. The Hall–Kier alpha value is -2.15. The summed E-state index contributed by atoms with van der Waals surface area (Å²) in [6.45, 7) is 5.32. The number of aromatic nitrogens is 1. The third-order valence-corrected chi connectivity index (χ3v) is 8.62. The Morgan fingerprint density at radius 3 is 2.28 bits per heavy atom. The van der Waals surface area contributed by atoms with E-state index in [1.165, 1.54) is 11.3 Å². The van der Waals surface area contributed by atoms with Gasteiger partial charge in [-0.05, 0) is 25.0 Å². The molecule has 0 radical (unpaired) electrons. The average Bonchev–Trinajstić information content (AvgIpc) is 3.17. The van der Waals surface area contributed by atoms with Gasteiger partial charge < -0.3 is 5.11 Å². The van der Waals surface area contributed by atoms with Crippen LogP contribution in [0.15, 0.2) is 60.0 Å². The van der Waals surface area contributed by atoms with E-state index in [4.69, 9.17) is 11.6 Å². The molecule has 1 N–H and O–H groups in total. The molecule has 0 aliphatic rings. The molecule has 2 aromatic carbocycles. The van der Waals surface area contributed by atoms with Crippen LogP contribution in [0.3, 0.4) is 0 Å². The number of benzene rings is 2. The van der Waals surface area contributed by atoms with E-state index < -0.39 is 15.1 Å². The maximum atomic E-state index is 13.5. The number of hydrogen-bond acceptors (Lipinski definition) is 5. The summed E-state index contributed by atoms with van der Waals surface area (Å²) in [5, 5.41) is 12.6. The maximum absolute atomic E-state index is 13.5. The smallest absolute Gasteiger partial charge is 0.187 e. The first kappa shape index (κ1) is 21.6. The molecule has 0 fully saturated rings. The highest BCUT2D eigenvalue weighted by Gasteiger charge is 2.34. The summed E-state index contributed by atoms with van der Waals surface area (Å²) >= 11 is 7.42. The molecule has 0 aliphatic carbocycles. The predicted molar refractivity (Wildman–Crippen MR) is 122 cm³/mol. The lowest BCUT2D eigenvalue weighted by Gasteiger charge is -2.19. The third kappa shape index (κ3) is 4.39. The normalized spacial score (nSPS) is 14.0. The summed E-state index contributed by atoms with van der Waals surface area (Å²) in [5.41, 5.74) is 1.79. The summed E-state index contributed by atoms with van der Waals surface area (Å²) in [6.07, 6.45) is 0. The SMILES string of the molecule is CC(C)C(C)S(=O)(=O)/C(=C(/O)c1ccccc1Cl)c1nc(-c2ccccc2)cs1. The highest BCUT2D eigenvalue weighted by atomic mass is 35.5. The van der Waals surface area contributed by atoms with E-state index in [0.717, 1.165) is 5.56 Å². The molecular formula is C22H22ClNO3S2. The first-order valence-electron chi connectivity index (χ1n) is 9.16. The molecule has 0 saturated heterocycles. The predicted octanol–water partition coefficient (Wildman–Crippen LogP) is 6.31. The first-order valence-corrected chi connectivity index (χ1v) is 12.0. The number of aliphatic hydroxyl groups excluding tert-OH is 1. The fraction of sp³-hybridized carbons (Fsp3) is 0.227. The summed E-state index contributed by atoms with van der Waals surface area (Å²) in [6, 6.07) is 16.1. The van der Waals surface area contributed by atoms with Gasteiger partial charge in [0, 0.05) is 16.5 Å². The molecule has 3 aromatic rings. The van der Waals surface area contributed by atoms with Crippen LogP contribution in [-0.4, -0.2) is 23.8 Å². The third-order valence-electron chi connectivity index (χ3n) is 4.82. The minimum Gasteiger partial charge on any atom is -0.506 e. The summed E-state index contributed by atoms with van der Waals surface area (Å²) < 4.78 is 26.9. The second-order valence-corrected chi connectivity index (χ2v) is 10.6. The monoisotopic (exact) mass is 447 g/mol. The number of aliphatic hydroxyl groups is 1. The number of rotatable bonds is 6. The van der Waals surface area contributed by atoms with Gasteiger partial charge in [-0.2, -0.15) is 0 Å². The van der Waals surface area contributed by atoms with Crippen molar-refractivity contribution >= 4 is 43.4 Å². The van der Waals surface area contributed by atoms with E-state index >= 15 is 0 Å². The second kappa shape index (κ2) is 8.69. The number of halogens is 1. The lowest BCUT2D eigenvalue weighted by Crippen LogP contribution is -2.25. The van der Waals surface area contributed by atoms with Crippen LogP contribution in [0.25, 0.3) is 21.9 Å². The highest BCUT2D eigenvalue weighted by molar-refractivity contribution is 8.01. The minimum atomic E-state index is -3.87. The number of sulfone groups is 1. The first-order chi connectivity index (χ1) is 13.7. The molecule has 0 saturated carbocycles. The highest BCUT2D eigenvalue weighted by Crippen LogP contribution is 2.38. The number of hydrogen-bond donors (Lipinski definition) is 1. The van der Waals surface area contributed by atoms with Crippen molar-refractivity contribution in [3.8, 4) is 11.3 Å². The number of nitrogens with zero attached hydrogens (tertiary/aromatic N) is 1. The van der Waals surface area contributed by atoms with Crippen molar-refractivity contribution in [1.29, 1.82) is 0 Å². The van der Waals surface area contributed by atoms with Crippen LogP contribution >= 0.6 is 22.9 Å². The van der Waals surface area contributed by atoms with Crippen molar-refractivity contribution in [2.45, 2.75) is 26.0 Å². The van der Waals surface area contributed by atoms with Gasteiger partial charge >= 0.3 is 0 Å². The van der Waals surface area contributed by atoms with Crippen molar-refractivity contribution in [1.82, 2.24) is 4.98 Å². The van der Waals surface area contributed by atoms with Gasteiger partial charge in [0.2, 0.25) is 0 Å². The van der Waals surface area contributed by atoms with Gasteiger partial charge in [-0.3, -0.25) is 0 Å². The summed E-state index contributed by atoms with van der Waals surface area (Å²) in [7, 11) is -3.87. The standard InChI is InChI=1S/C22H22ClNO3S2/c1-14(2)15(3)29(26,27)21(20(25)17-11-7-8-12-18(17)23)22-24-19(13-28-22)16-9-5-4-6-10-16/h4-15,25H,1-3H3/b21-20+. The van der Waals surface area contributed by atoms with Crippen molar-refractivity contribution in [2.75, 3.05) is 0 Å². The topological polar surface area (TPSA) is 67.3 Å². The van der Waals surface area contributed by atoms with Gasteiger partial charge in [-0.1, -0.05) is 67.9 Å². The quantitative estimate of drug-likeness (QED) is 0.450. The Labute approximate surface area is 180 Å². The largest absolute Gasteiger partial charge is 0.506 e. The second-order valence-electron chi connectivity index (χ2n) is 7.06. The molecule has 7 heteroatoms. The summed E-state index contributed by atoms with van der Waals surface area (Å²) in [4.78, 5) is 4.36. The molecular weight excluding hydrogens is 426 g/mol. The molecule has 0 amide bonds. The molecule has 0 aliphatic heterocycles. The lowest BCUT2D eigenvalue weighted by molar-refractivity contribution is 0.513.